The van der Waals surface area contributed by atoms with Crippen LogP contribution < -0.4 is 4.74 Å². The number of benzene rings is 2. The highest BCUT2D eigenvalue weighted by atomic mass is 16.5. The van der Waals surface area contributed by atoms with Crippen LogP contribution in [0.5, 0.6) is 5.75 Å². The van der Waals surface area contributed by atoms with Gasteiger partial charge in [-0.3, -0.25) is 0 Å². The largest absolute Gasteiger partial charge is 0.496 e. The zero-order valence-corrected chi connectivity index (χ0v) is 12.9. The fourth-order valence-corrected chi connectivity index (χ4v) is 2.62. The first kappa shape index (κ1) is 15.5. The van der Waals surface area contributed by atoms with E-state index >= 15 is 0 Å². The smallest absolute Gasteiger partial charge is 0.124 e. The van der Waals surface area contributed by atoms with E-state index in [0.717, 1.165) is 16.7 Å². The van der Waals surface area contributed by atoms with E-state index in [0.29, 0.717) is 16.9 Å². The topological polar surface area (TPSA) is 49.7 Å². The molecule has 0 heterocycles. The predicted octanol–water partition coefficient (Wildman–Crippen LogP) is 3.39. The van der Waals surface area contributed by atoms with Gasteiger partial charge in [0.2, 0.25) is 0 Å². The molecule has 0 bridgehead atoms. The van der Waals surface area contributed by atoms with Crippen molar-refractivity contribution in [3.8, 4) is 5.75 Å². The molecular formula is C18H22O3. The molecule has 2 aromatic carbocycles. The molecule has 0 radical (unpaired) electrons. The second kappa shape index (κ2) is 6.29. The number of aryl methyl sites for hydroxylation is 3. The van der Waals surface area contributed by atoms with Crippen LogP contribution in [-0.4, -0.2) is 17.3 Å². The summed E-state index contributed by atoms with van der Waals surface area (Å²) in [4.78, 5) is 0. The quantitative estimate of drug-likeness (QED) is 0.906. The number of hydrogen-bond acceptors (Lipinski definition) is 3. The van der Waals surface area contributed by atoms with Gasteiger partial charge in [-0.15, -0.1) is 0 Å². The summed E-state index contributed by atoms with van der Waals surface area (Å²) in [5, 5.41) is 21.0. The Morgan fingerprint density at radius 1 is 0.810 bits per heavy atom. The first-order chi connectivity index (χ1) is 9.92. The van der Waals surface area contributed by atoms with Crippen LogP contribution in [-0.2, 0) is 0 Å². The monoisotopic (exact) mass is 286 g/mol. The van der Waals surface area contributed by atoms with E-state index in [1.54, 1.807) is 7.11 Å². The minimum absolute atomic E-state index is 0.580. The molecule has 0 aliphatic rings. The predicted molar refractivity (Wildman–Crippen MR) is 83.6 cm³/mol. The van der Waals surface area contributed by atoms with Gasteiger partial charge in [-0.1, -0.05) is 41.0 Å². The SMILES string of the molecule is COc1ccc(C)cc1C(O)C(O)c1cc(C)cc(C)c1. The standard InChI is InChI=1S/C18H22O3/c1-11-5-6-16(21-4)15(10-11)18(20)17(19)14-8-12(2)7-13(3)9-14/h5-10,17-20H,1-4H3. The van der Waals surface area contributed by atoms with Gasteiger partial charge in [0, 0.05) is 5.56 Å². The van der Waals surface area contributed by atoms with Crippen molar-refractivity contribution in [2.45, 2.75) is 33.0 Å². The molecule has 2 unspecified atom stereocenters. The van der Waals surface area contributed by atoms with Crippen LogP contribution in [0, 0.1) is 20.8 Å². The van der Waals surface area contributed by atoms with Crippen LogP contribution in [0.1, 0.15) is 40.0 Å². The lowest BCUT2D eigenvalue weighted by Crippen LogP contribution is -2.12. The maximum absolute atomic E-state index is 10.5. The molecule has 112 valence electrons. The van der Waals surface area contributed by atoms with Crippen LogP contribution in [0.3, 0.4) is 0 Å². The Labute approximate surface area is 125 Å². The van der Waals surface area contributed by atoms with Crippen molar-refractivity contribution in [3.63, 3.8) is 0 Å². The van der Waals surface area contributed by atoms with Crippen LogP contribution >= 0.6 is 0 Å². The molecule has 0 aromatic heterocycles. The number of aliphatic hydroxyl groups is 2. The molecule has 2 aromatic rings. The molecule has 21 heavy (non-hydrogen) atoms. The van der Waals surface area contributed by atoms with E-state index in [1.165, 1.54) is 0 Å². The van der Waals surface area contributed by atoms with E-state index in [-0.39, 0.29) is 0 Å². The molecule has 0 aliphatic carbocycles. The summed E-state index contributed by atoms with van der Waals surface area (Å²) in [7, 11) is 1.56. The number of aliphatic hydroxyl groups excluding tert-OH is 2. The summed E-state index contributed by atoms with van der Waals surface area (Å²) < 4.78 is 5.28. The van der Waals surface area contributed by atoms with Crippen molar-refractivity contribution >= 4 is 0 Å². The zero-order chi connectivity index (χ0) is 15.6. The molecule has 0 spiro atoms. The average Bonchev–Trinajstić information content (AvgIpc) is 2.44. The fourth-order valence-electron chi connectivity index (χ4n) is 2.62. The highest BCUT2D eigenvalue weighted by Crippen LogP contribution is 2.35. The third kappa shape index (κ3) is 3.43. The summed E-state index contributed by atoms with van der Waals surface area (Å²) in [5.41, 5.74) is 4.45. The van der Waals surface area contributed by atoms with Gasteiger partial charge in [-0.25, -0.2) is 0 Å². The minimum Gasteiger partial charge on any atom is -0.496 e. The molecule has 0 aliphatic heterocycles. The number of ether oxygens (including phenoxy) is 1. The van der Waals surface area contributed by atoms with Crippen LogP contribution in [0.15, 0.2) is 36.4 Å². The first-order valence-electron chi connectivity index (χ1n) is 7.01. The lowest BCUT2D eigenvalue weighted by molar-refractivity contribution is 0.0158. The Kier molecular flexibility index (Phi) is 4.66. The van der Waals surface area contributed by atoms with Crippen molar-refractivity contribution in [2.24, 2.45) is 0 Å². The van der Waals surface area contributed by atoms with Crippen LogP contribution in [0.2, 0.25) is 0 Å². The van der Waals surface area contributed by atoms with Crippen LogP contribution in [0.4, 0.5) is 0 Å². The molecule has 0 fully saturated rings. The van der Waals surface area contributed by atoms with Crippen molar-refractivity contribution in [1.82, 2.24) is 0 Å². The molecule has 3 nitrogen and oxygen atoms in total. The zero-order valence-electron chi connectivity index (χ0n) is 12.9. The molecule has 2 rings (SSSR count). The normalized spacial score (nSPS) is 13.8. The van der Waals surface area contributed by atoms with E-state index < -0.39 is 12.2 Å². The number of hydrogen-bond donors (Lipinski definition) is 2. The van der Waals surface area contributed by atoms with Crippen LogP contribution in [0.25, 0.3) is 0 Å². The third-order valence-corrected chi connectivity index (χ3v) is 3.59. The number of methoxy groups -OCH3 is 1. The van der Waals surface area contributed by atoms with E-state index in [9.17, 15) is 10.2 Å². The van der Waals surface area contributed by atoms with Crippen molar-refractivity contribution < 1.29 is 14.9 Å². The van der Waals surface area contributed by atoms with Gasteiger partial charge in [0.05, 0.1) is 7.11 Å². The Balaban J connectivity index is 2.38. The molecule has 0 saturated carbocycles. The van der Waals surface area contributed by atoms with Crippen molar-refractivity contribution in [1.29, 1.82) is 0 Å². The molecule has 0 saturated heterocycles. The van der Waals surface area contributed by atoms with E-state index in [1.807, 2.05) is 57.2 Å². The molecule has 0 amide bonds. The van der Waals surface area contributed by atoms with Gasteiger partial charge < -0.3 is 14.9 Å². The second-order valence-corrected chi connectivity index (χ2v) is 5.56. The highest BCUT2D eigenvalue weighted by Gasteiger charge is 2.23. The Morgan fingerprint density at radius 3 is 2.00 bits per heavy atom. The number of rotatable bonds is 4. The molecule has 3 heteroatoms. The maximum atomic E-state index is 10.5. The molecule has 2 N–H and O–H groups in total. The highest BCUT2D eigenvalue weighted by molar-refractivity contribution is 5.40. The summed E-state index contributed by atoms with van der Waals surface area (Å²) in [6.07, 6.45) is -2.01. The van der Waals surface area contributed by atoms with Gasteiger partial charge in [-0.2, -0.15) is 0 Å². The summed E-state index contributed by atoms with van der Waals surface area (Å²) >= 11 is 0. The minimum atomic E-state index is -1.03. The molecular weight excluding hydrogens is 264 g/mol. The van der Waals surface area contributed by atoms with E-state index in [2.05, 4.69) is 0 Å². The van der Waals surface area contributed by atoms with Gasteiger partial charge in [0.1, 0.15) is 18.0 Å². The lowest BCUT2D eigenvalue weighted by Gasteiger charge is -2.21. The Morgan fingerprint density at radius 2 is 1.43 bits per heavy atom. The van der Waals surface area contributed by atoms with E-state index in [4.69, 9.17) is 4.74 Å². The lowest BCUT2D eigenvalue weighted by atomic mass is 9.94. The summed E-state index contributed by atoms with van der Waals surface area (Å²) in [5.74, 6) is 0.580. The average molecular weight is 286 g/mol. The van der Waals surface area contributed by atoms with Gasteiger partial charge >= 0.3 is 0 Å². The Bertz CT molecular complexity index is 614. The molecule has 2 atom stereocenters. The van der Waals surface area contributed by atoms with Gasteiger partial charge in [0.25, 0.3) is 0 Å². The van der Waals surface area contributed by atoms with Gasteiger partial charge in [-0.05, 0) is 38.5 Å². The summed E-state index contributed by atoms with van der Waals surface area (Å²) in [6, 6.07) is 11.4. The first-order valence-corrected chi connectivity index (χ1v) is 7.01. The summed E-state index contributed by atoms with van der Waals surface area (Å²) in [6.45, 7) is 5.89. The maximum Gasteiger partial charge on any atom is 0.124 e. The third-order valence-electron chi connectivity index (χ3n) is 3.59. The van der Waals surface area contributed by atoms with Gasteiger partial charge in [0.15, 0.2) is 0 Å². The van der Waals surface area contributed by atoms with Crippen molar-refractivity contribution in [3.05, 3.63) is 64.2 Å². The Hall–Kier alpha value is -1.84. The van der Waals surface area contributed by atoms with Crippen molar-refractivity contribution in [2.75, 3.05) is 7.11 Å². The fraction of sp³-hybridized carbons (Fsp3) is 0.333. The second-order valence-electron chi connectivity index (χ2n) is 5.56.